The monoisotopic (exact) mass is 744 g/mol. The van der Waals surface area contributed by atoms with Crippen LogP contribution < -0.4 is 0 Å². The van der Waals surface area contributed by atoms with Crippen LogP contribution in [0.15, 0.2) is 22.7 Å². The van der Waals surface area contributed by atoms with Crippen LogP contribution in [0.25, 0.3) is 0 Å². The molecule has 6 nitrogen and oxygen atoms in total. The minimum atomic E-state index is -4.81. The fraction of sp³-hybridized carbons (Fsp3) is 0.886. The van der Waals surface area contributed by atoms with Crippen LogP contribution in [0.4, 0.5) is 26.3 Å². The topological polar surface area (TPSA) is 66.4 Å². The zero-order chi connectivity index (χ0) is 35.1. The van der Waals surface area contributed by atoms with Gasteiger partial charge in [-0.15, -0.1) is 0 Å². The Morgan fingerprint density at radius 1 is 0.857 bits per heavy atom. The number of allylic oxidation sites excluding steroid dienone is 2. The first kappa shape index (κ1) is 37.9. The lowest BCUT2D eigenvalue weighted by atomic mass is 9.59. The molecule has 280 valence electrons. The Bertz CT molecular complexity index is 1230. The van der Waals surface area contributed by atoms with Gasteiger partial charge in [0.2, 0.25) is 12.0 Å². The lowest BCUT2D eigenvalue weighted by Crippen LogP contribution is -2.66. The van der Waals surface area contributed by atoms with Crippen LogP contribution in [-0.4, -0.2) is 71.4 Å². The standard InChI is InChI=1S/C35H50F6O6S2/c1-19-6-9-23(24-16-43-21(3)8-10-22(19)24)25(30(42)34(36,37)38)17-48-14-4-5-15-49-18-26-28-11-7-20(2)27-12-13-29-44-32(33(27,28)47-46-29)45-31(26)35(39,40)41/h19-24,27-29,32,42H,4-18H2,1-3H3/b30-25-/t19-,20-,21+,22?,23-,24?,27?,28+,29-,32+,33-/m1/s1. The molecule has 2 aliphatic carbocycles. The minimum Gasteiger partial charge on any atom is -0.504 e. The maximum Gasteiger partial charge on any atom is 0.449 e. The van der Waals surface area contributed by atoms with Gasteiger partial charge in [0.25, 0.3) is 0 Å². The molecule has 0 amide bonds. The van der Waals surface area contributed by atoms with Gasteiger partial charge in [0.1, 0.15) is 0 Å². The van der Waals surface area contributed by atoms with E-state index in [4.69, 9.17) is 24.0 Å². The zero-order valence-corrected chi connectivity index (χ0v) is 30.1. The molecule has 3 unspecified atom stereocenters. The summed E-state index contributed by atoms with van der Waals surface area (Å²) in [5.74, 6) is -1.18. The number of halogens is 6. The summed E-state index contributed by atoms with van der Waals surface area (Å²) in [5.41, 5.74) is -0.838. The van der Waals surface area contributed by atoms with Crippen LogP contribution in [0.1, 0.15) is 85.0 Å². The van der Waals surface area contributed by atoms with Crippen molar-refractivity contribution in [1.82, 2.24) is 0 Å². The van der Waals surface area contributed by atoms with Gasteiger partial charge in [-0.3, -0.25) is 0 Å². The van der Waals surface area contributed by atoms with E-state index in [0.29, 0.717) is 56.1 Å². The van der Waals surface area contributed by atoms with Gasteiger partial charge in [-0.25, -0.2) is 9.78 Å². The Hall–Kier alpha value is -0.800. The van der Waals surface area contributed by atoms with E-state index in [9.17, 15) is 31.4 Å². The van der Waals surface area contributed by atoms with Gasteiger partial charge in [-0.2, -0.15) is 49.9 Å². The Labute approximate surface area is 293 Å². The highest BCUT2D eigenvalue weighted by Crippen LogP contribution is 2.60. The van der Waals surface area contributed by atoms with Crippen LogP contribution >= 0.6 is 23.5 Å². The fourth-order valence-corrected chi connectivity index (χ4v) is 11.8. The molecule has 0 radical (unpaired) electrons. The summed E-state index contributed by atoms with van der Waals surface area (Å²) >= 11 is 2.78. The first-order valence-electron chi connectivity index (χ1n) is 17.9. The number of hydrogen-bond acceptors (Lipinski definition) is 8. The highest BCUT2D eigenvalue weighted by atomic mass is 32.2. The normalized spacial score (nSPS) is 40.1. The second-order valence-corrected chi connectivity index (χ2v) is 17.3. The molecular formula is C35H50F6O6S2. The molecule has 6 fully saturated rings. The van der Waals surface area contributed by atoms with Gasteiger partial charge in [0.05, 0.1) is 12.7 Å². The summed E-state index contributed by atoms with van der Waals surface area (Å²) in [6.45, 7) is 6.69. The van der Waals surface area contributed by atoms with Crippen molar-refractivity contribution in [3.8, 4) is 0 Å². The van der Waals surface area contributed by atoms with Crippen molar-refractivity contribution >= 4 is 23.5 Å². The average Bonchev–Trinajstić information content (AvgIpc) is 3.43. The van der Waals surface area contributed by atoms with E-state index in [1.165, 1.54) is 23.5 Å². The summed E-state index contributed by atoms with van der Waals surface area (Å²) in [6, 6.07) is 0. The van der Waals surface area contributed by atoms with Gasteiger partial charge >= 0.3 is 12.4 Å². The summed E-state index contributed by atoms with van der Waals surface area (Å²) in [4.78, 5) is 11.5. The third-order valence-corrected chi connectivity index (χ3v) is 14.3. The van der Waals surface area contributed by atoms with Crippen molar-refractivity contribution in [2.75, 3.05) is 29.6 Å². The quantitative estimate of drug-likeness (QED) is 0.103. The molecule has 0 aromatic carbocycles. The third kappa shape index (κ3) is 7.80. The maximum atomic E-state index is 14.4. The second-order valence-electron chi connectivity index (χ2n) is 15.1. The smallest absolute Gasteiger partial charge is 0.449 e. The summed E-state index contributed by atoms with van der Waals surface area (Å²) in [5, 5.41) is 10.4. The van der Waals surface area contributed by atoms with Crippen molar-refractivity contribution in [2.24, 2.45) is 41.4 Å². The molecule has 2 saturated carbocycles. The van der Waals surface area contributed by atoms with Crippen LogP contribution in [0.3, 0.4) is 0 Å². The molecule has 7 aliphatic rings. The maximum absolute atomic E-state index is 14.4. The van der Waals surface area contributed by atoms with Crippen molar-refractivity contribution in [3.63, 3.8) is 0 Å². The SMILES string of the molecule is C[C@@H]1CC[C@@H](/C(CSCCCCSCC2=C(C(F)(F)F)O[C@@H]3O[C@H]4CCC5[C@H](C)CC[C@@H]2[C@]53OO4)=C(\O)C(F)(F)F)C2CO[C@@H](C)CCC21. The van der Waals surface area contributed by atoms with E-state index >= 15 is 0 Å². The molecule has 5 aliphatic heterocycles. The molecule has 2 bridgehead atoms. The van der Waals surface area contributed by atoms with Crippen LogP contribution in [0, 0.1) is 41.4 Å². The minimum absolute atomic E-state index is 0.0483. The van der Waals surface area contributed by atoms with Gasteiger partial charge < -0.3 is 19.3 Å². The van der Waals surface area contributed by atoms with E-state index in [1.807, 2.05) is 6.92 Å². The Balaban J connectivity index is 1.05. The molecule has 7 rings (SSSR count). The predicted octanol–water partition coefficient (Wildman–Crippen LogP) is 9.76. The molecular weight excluding hydrogens is 695 g/mol. The van der Waals surface area contributed by atoms with Crippen molar-refractivity contribution < 1.29 is 55.4 Å². The lowest BCUT2D eigenvalue weighted by molar-refractivity contribution is -0.528. The molecule has 49 heavy (non-hydrogen) atoms. The number of aliphatic hydroxyl groups excluding tert-OH is 1. The molecule has 0 aromatic heterocycles. The Kier molecular flexibility index (Phi) is 11.8. The van der Waals surface area contributed by atoms with Gasteiger partial charge in [-0.05, 0) is 117 Å². The highest BCUT2D eigenvalue weighted by molar-refractivity contribution is 7.99. The lowest BCUT2D eigenvalue weighted by Gasteiger charge is -2.56. The Morgan fingerprint density at radius 2 is 1.59 bits per heavy atom. The van der Waals surface area contributed by atoms with E-state index in [1.54, 1.807) is 0 Å². The molecule has 14 heteroatoms. The Morgan fingerprint density at radius 3 is 2.33 bits per heavy atom. The highest BCUT2D eigenvalue weighted by Gasteiger charge is 2.68. The third-order valence-electron chi connectivity index (χ3n) is 12.1. The predicted molar refractivity (Wildman–Crippen MR) is 175 cm³/mol. The number of alkyl halides is 6. The summed E-state index contributed by atoms with van der Waals surface area (Å²) in [6.07, 6.45) is -4.18. The van der Waals surface area contributed by atoms with Crippen LogP contribution in [-0.2, 0) is 24.0 Å². The van der Waals surface area contributed by atoms with E-state index < -0.39 is 48.0 Å². The van der Waals surface area contributed by atoms with Crippen LogP contribution in [0.5, 0.6) is 0 Å². The van der Waals surface area contributed by atoms with Crippen molar-refractivity contribution in [3.05, 3.63) is 22.7 Å². The largest absolute Gasteiger partial charge is 0.504 e. The van der Waals surface area contributed by atoms with E-state index in [-0.39, 0.29) is 58.3 Å². The summed E-state index contributed by atoms with van der Waals surface area (Å²) in [7, 11) is 0. The van der Waals surface area contributed by atoms with E-state index in [0.717, 1.165) is 32.1 Å². The first-order chi connectivity index (χ1) is 23.2. The van der Waals surface area contributed by atoms with Gasteiger partial charge in [-0.1, -0.05) is 13.8 Å². The van der Waals surface area contributed by atoms with Gasteiger partial charge in [0, 0.05) is 29.8 Å². The number of fused-ring (bicyclic) bond motifs is 3. The molecule has 4 saturated heterocycles. The molecule has 0 aromatic rings. The van der Waals surface area contributed by atoms with Crippen molar-refractivity contribution in [1.29, 1.82) is 0 Å². The van der Waals surface area contributed by atoms with Gasteiger partial charge in [0.15, 0.2) is 17.7 Å². The number of rotatable bonds is 10. The van der Waals surface area contributed by atoms with Crippen LogP contribution in [0.2, 0.25) is 0 Å². The number of thioether (sulfide) groups is 2. The molecule has 11 atom stereocenters. The molecule has 5 heterocycles. The van der Waals surface area contributed by atoms with E-state index in [2.05, 4.69) is 13.8 Å². The first-order valence-corrected chi connectivity index (χ1v) is 20.3. The molecule has 1 N–H and O–H groups in total. The zero-order valence-electron chi connectivity index (χ0n) is 28.5. The number of hydrogen-bond donors (Lipinski definition) is 1. The fourth-order valence-electron chi connectivity index (χ4n) is 9.58. The summed E-state index contributed by atoms with van der Waals surface area (Å²) < 4.78 is 102. The molecule has 1 spiro atoms. The second kappa shape index (κ2) is 15.3. The average molecular weight is 745 g/mol. The number of aliphatic hydroxyl groups is 1. The number of ether oxygens (including phenoxy) is 3. The number of unbranched alkanes of at least 4 members (excludes halogenated alkanes) is 1. The van der Waals surface area contributed by atoms with Crippen molar-refractivity contribution in [2.45, 2.75) is 122 Å².